The number of amides is 3. The van der Waals surface area contributed by atoms with Crippen molar-refractivity contribution in [3.8, 4) is 0 Å². The number of fused-ring (bicyclic) bond motifs is 1. The van der Waals surface area contributed by atoms with Gasteiger partial charge < -0.3 is 10.6 Å². The van der Waals surface area contributed by atoms with E-state index in [-0.39, 0.29) is 30.7 Å². The predicted octanol–water partition coefficient (Wildman–Crippen LogP) is 1.92. The van der Waals surface area contributed by atoms with Gasteiger partial charge in [-0.1, -0.05) is 12.1 Å². The first-order chi connectivity index (χ1) is 12.6. The van der Waals surface area contributed by atoms with Crippen LogP contribution in [0.5, 0.6) is 0 Å². The van der Waals surface area contributed by atoms with Crippen molar-refractivity contribution in [1.82, 2.24) is 15.2 Å². The van der Waals surface area contributed by atoms with E-state index in [2.05, 4.69) is 15.6 Å². The van der Waals surface area contributed by atoms with Crippen molar-refractivity contribution in [3.63, 3.8) is 0 Å². The van der Waals surface area contributed by atoms with E-state index in [0.717, 1.165) is 10.8 Å². The van der Waals surface area contributed by atoms with Gasteiger partial charge in [0.15, 0.2) is 5.13 Å². The molecule has 2 N–H and O–H groups in total. The molecule has 2 aromatic rings. The topological polar surface area (TPSA) is 91.4 Å². The van der Waals surface area contributed by atoms with E-state index >= 15 is 0 Å². The summed E-state index contributed by atoms with van der Waals surface area (Å²) in [4.78, 5) is 41.9. The van der Waals surface area contributed by atoms with Gasteiger partial charge in [-0.05, 0) is 18.6 Å². The second-order valence-electron chi connectivity index (χ2n) is 5.91. The van der Waals surface area contributed by atoms with Crippen LogP contribution in [0.2, 0.25) is 0 Å². The Morgan fingerprint density at radius 3 is 2.50 bits per heavy atom. The average Bonchev–Trinajstić information content (AvgIpc) is 3.20. The van der Waals surface area contributed by atoms with Crippen molar-refractivity contribution in [2.24, 2.45) is 0 Å². The summed E-state index contributed by atoms with van der Waals surface area (Å²) in [5, 5.41) is 8.63. The van der Waals surface area contributed by atoms with Gasteiger partial charge in [-0.3, -0.25) is 19.3 Å². The first-order valence-corrected chi connectivity index (χ1v) is 9.32. The fourth-order valence-corrected chi connectivity index (χ4v) is 3.50. The van der Waals surface area contributed by atoms with Crippen molar-refractivity contribution < 1.29 is 14.4 Å². The third kappa shape index (κ3) is 3.91. The molecule has 7 nitrogen and oxygen atoms in total. The smallest absolute Gasteiger partial charge is 0.261 e. The molecule has 1 aliphatic rings. The zero-order valence-electron chi connectivity index (χ0n) is 14.4. The Morgan fingerprint density at radius 2 is 1.88 bits per heavy atom. The molecule has 1 aliphatic heterocycles. The summed E-state index contributed by atoms with van der Waals surface area (Å²) in [7, 11) is 1.82. The number of thiazole rings is 1. The summed E-state index contributed by atoms with van der Waals surface area (Å²) in [5.74, 6) is -0.657. The van der Waals surface area contributed by atoms with Crippen LogP contribution in [-0.4, -0.2) is 47.7 Å². The van der Waals surface area contributed by atoms with Crippen molar-refractivity contribution in [2.45, 2.75) is 19.3 Å². The molecule has 0 unspecified atom stereocenters. The minimum absolute atomic E-state index is 0.0920. The lowest BCUT2D eigenvalue weighted by Crippen LogP contribution is -2.32. The standard InChI is InChI=1S/C18H20N4O3S/c1-19-18-21-12(11-26-18)8-9-20-15(23)7-4-10-22-16(24)13-5-2-3-6-14(13)17(22)25/h2-3,5-6,11H,4,7-10H2,1H3,(H,19,21)(H,20,23). The van der Waals surface area contributed by atoms with E-state index in [1.54, 1.807) is 24.3 Å². The monoisotopic (exact) mass is 372 g/mol. The number of benzene rings is 1. The molecule has 0 fully saturated rings. The van der Waals surface area contributed by atoms with Crippen LogP contribution < -0.4 is 10.6 Å². The minimum Gasteiger partial charge on any atom is -0.365 e. The Labute approximate surface area is 155 Å². The van der Waals surface area contributed by atoms with Gasteiger partial charge in [0.2, 0.25) is 5.91 Å². The molecule has 26 heavy (non-hydrogen) atoms. The lowest BCUT2D eigenvalue weighted by atomic mass is 10.1. The number of hydrogen-bond acceptors (Lipinski definition) is 6. The summed E-state index contributed by atoms with van der Waals surface area (Å²) in [6.45, 7) is 0.760. The van der Waals surface area contributed by atoms with Crippen LogP contribution in [-0.2, 0) is 11.2 Å². The largest absolute Gasteiger partial charge is 0.365 e. The average molecular weight is 372 g/mol. The SMILES string of the molecule is CNc1nc(CCNC(=O)CCCN2C(=O)c3ccccc3C2=O)cs1. The molecule has 8 heteroatoms. The maximum atomic E-state index is 12.2. The van der Waals surface area contributed by atoms with E-state index in [9.17, 15) is 14.4 Å². The molecule has 0 bridgehead atoms. The number of nitrogens with zero attached hydrogens (tertiary/aromatic N) is 2. The number of carbonyl (C=O) groups excluding carboxylic acids is 3. The maximum absolute atomic E-state index is 12.2. The number of carbonyl (C=O) groups is 3. The molecule has 0 atom stereocenters. The molecule has 0 saturated carbocycles. The molecule has 0 spiro atoms. The van der Waals surface area contributed by atoms with Crippen molar-refractivity contribution in [1.29, 1.82) is 0 Å². The zero-order valence-corrected chi connectivity index (χ0v) is 15.3. The van der Waals surface area contributed by atoms with Gasteiger partial charge in [0.1, 0.15) is 0 Å². The number of aromatic nitrogens is 1. The van der Waals surface area contributed by atoms with Gasteiger partial charge in [0.05, 0.1) is 16.8 Å². The zero-order chi connectivity index (χ0) is 18.5. The van der Waals surface area contributed by atoms with Gasteiger partial charge in [-0.25, -0.2) is 4.98 Å². The third-order valence-corrected chi connectivity index (χ3v) is 5.04. The Kier molecular flexibility index (Phi) is 5.62. The van der Waals surface area contributed by atoms with Crippen LogP contribution in [0, 0.1) is 0 Å². The number of imide groups is 1. The lowest BCUT2D eigenvalue weighted by Gasteiger charge is -2.13. The Bertz CT molecular complexity index is 798. The van der Waals surface area contributed by atoms with Crippen molar-refractivity contribution in [3.05, 3.63) is 46.5 Å². The number of hydrogen-bond donors (Lipinski definition) is 2. The fraction of sp³-hybridized carbons (Fsp3) is 0.333. The van der Waals surface area contributed by atoms with E-state index in [1.807, 2.05) is 12.4 Å². The highest BCUT2D eigenvalue weighted by atomic mass is 32.1. The Hall–Kier alpha value is -2.74. The van der Waals surface area contributed by atoms with E-state index < -0.39 is 0 Å². The lowest BCUT2D eigenvalue weighted by molar-refractivity contribution is -0.121. The van der Waals surface area contributed by atoms with Crippen LogP contribution in [0.15, 0.2) is 29.6 Å². The highest BCUT2D eigenvalue weighted by Gasteiger charge is 2.34. The third-order valence-electron chi connectivity index (χ3n) is 4.13. The summed E-state index contributed by atoms with van der Waals surface area (Å²) in [6.07, 6.45) is 1.38. The quantitative estimate of drug-likeness (QED) is 0.691. The first-order valence-electron chi connectivity index (χ1n) is 8.44. The van der Waals surface area contributed by atoms with Crippen molar-refractivity contribution in [2.75, 3.05) is 25.5 Å². The number of anilines is 1. The van der Waals surface area contributed by atoms with E-state index in [4.69, 9.17) is 0 Å². The number of nitrogens with one attached hydrogen (secondary N) is 2. The number of rotatable bonds is 8. The van der Waals surface area contributed by atoms with Crippen LogP contribution in [0.4, 0.5) is 5.13 Å². The van der Waals surface area contributed by atoms with Gasteiger partial charge in [-0.2, -0.15) is 0 Å². The Morgan fingerprint density at radius 1 is 1.19 bits per heavy atom. The summed E-state index contributed by atoms with van der Waals surface area (Å²) < 4.78 is 0. The minimum atomic E-state index is -0.283. The molecule has 0 saturated heterocycles. The van der Waals surface area contributed by atoms with Crippen LogP contribution in [0.25, 0.3) is 0 Å². The Balaban J connectivity index is 1.39. The normalized spacial score (nSPS) is 13.0. The fourth-order valence-electron chi connectivity index (χ4n) is 2.79. The summed E-state index contributed by atoms with van der Waals surface area (Å²) in [5.41, 5.74) is 1.81. The van der Waals surface area contributed by atoms with Gasteiger partial charge in [0.25, 0.3) is 11.8 Å². The van der Waals surface area contributed by atoms with Gasteiger partial charge in [0, 0.05) is 38.4 Å². The van der Waals surface area contributed by atoms with E-state index in [0.29, 0.717) is 30.5 Å². The van der Waals surface area contributed by atoms with Crippen LogP contribution >= 0.6 is 11.3 Å². The first kappa shape index (κ1) is 18.1. The van der Waals surface area contributed by atoms with E-state index in [1.165, 1.54) is 16.2 Å². The van der Waals surface area contributed by atoms with Crippen molar-refractivity contribution >= 4 is 34.2 Å². The molecule has 2 heterocycles. The molecule has 136 valence electrons. The molecule has 1 aromatic carbocycles. The molecule has 0 aliphatic carbocycles. The van der Waals surface area contributed by atoms with Gasteiger partial charge >= 0.3 is 0 Å². The summed E-state index contributed by atoms with van der Waals surface area (Å²) in [6, 6.07) is 6.78. The summed E-state index contributed by atoms with van der Waals surface area (Å²) >= 11 is 1.53. The highest BCUT2D eigenvalue weighted by molar-refractivity contribution is 7.13. The van der Waals surface area contributed by atoms with Crippen LogP contribution in [0.3, 0.4) is 0 Å². The van der Waals surface area contributed by atoms with Gasteiger partial charge in [-0.15, -0.1) is 11.3 Å². The predicted molar refractivity (Wildman–Crippen MR) is 99.4 cm³/mol. The second kappa shape index (κ2) is 8.09. The highest BCUT2D eigenvalue weighted by Crippen LogP contribution is 2.22. The molecule has 3 rings (SSSR count). The molecule has 1 aromatic heterocycles. The maximum Gasteiger partial charge on any atom is 0.261 e. The van der Waals surface area contributed by atoms with Crippen LogP contribution in [0.1, 0.15) is 39.3 Å². The molecule has 0 radical (unpaired) electrons. The molecular weight excluding hydrogens is 352 g/mol. The second-order valence-corrected chi connectivity index (χ2v) is 6.76. The molecule has 3 amide bonds. The molecular formula is C18H20N4O3S.